The number of para-hydroxylation sites is 2. The molecule has 1 amide bonds. The normalized spacial score (nSPS) is 10.2. The minimum absolute atomic E-state index is 0.126. The van der Waals surface area contributed by atoms with E-state index >= 15 is 0 Å². The molecule has 0 saturated carbocycles. The predicted molar refractivity (Wildman–Crippen MR) is 86.8 cm³/mol. The third-order valence-corrected chi connectivity index (χ3v) is 3.33. The zero-order chi connectivity index (χ0) is 16.9. The number of amides is 1. The molecule has 0 atom stereocenters. The molecule has 1 aromatic heterocycles. The molecule has 0 unspecified atom stereocenters. The fraction of sp³-hybridized carbons (Fsp3) is 0.111. The highest BCUT2D eigenvalue weighted by atomic mass is 19.1. The standard InChI is InChI=1S/C18H13FN2O3/c19-14-9-7-13(8-10-14)4-3-11-20-17(22)12-21-15-5-1-2-6-16(15)24-18(21)23/h1-2,5-10H,11-12H2,(H,20,22). The van der Waals surface area contributed by atoms with Crippen molar-refractivity contribution >= 4 is 17.0 Å². The predicted octanol–water partition coefficient (Wildman–Crippen LogP) is 1.90. The van der Waals surface area contributed by atoms with Gasteiger partial charge in [-0.2, -0.15) is 0 Å². The van der Waals surface area contributed by atoms with Crippen LogP contribution < -0.4 is 11.1 Å². The Labute approximate surface area is 136 Å². The van der Waals surface area contributed by atoms with Crippen molar-refractivity contribution in [2.45, 2.75) is 6.54 Å². The summed E-state index contributed by atoms with van der Waals surface area (Å²) in [6, 6.07) is 12.6. The average molecular weight is 324 g/mol. The summed E-state index contributed by atoms with van der Waals surface area (Å²) < 4.78 is 19.1. The van der Waals surface area contributed by atoms with Crippen LogP contribution in [0.5, 0.6) is 0 Å². The van der Waals surface area contributed by atoms with Crippen molar-refractivity contribution in [2.75, 3.05) is 6.54 Å². The Morgan fingerprint density at radius 1 is 1.17 bits per heavy atom. The van der Waals surface area contributed by atoms with Gasteiger partial charge in [0, 0.05) is 5.56 Å². The van der Waals surface area contributed by atoms with Crippen LogP contribution in [0.4, 0.5) is 4.39 Å². The van der Waals surface area contributed by atoms with E-state index in [2.05, 4.69) is 17.2 Å². The second kappa shape index (κ2) is 6.84. The summed E-state index contributed by atoms with van der Waals surface area (Å²) in [6.07, 6.45) is 0. The van der Waals surface area contributed by atoms with Gasteiger partial charge in [-0.1, -0.05) is 24.0 Å². The molecule has 120 valence electrons. The van der Waals surface area contributed by atoms with Crippen LogP contribution in [-0.2, 0) is 11.3 Å². The average Bonchev–Trinajstić information content (AvgIpc) is 2.89. The first kappa shape index (κ1) is 15.6. The zero-order valence-electron chi connectivity index (χ0n) is 12.6. The molecular formula is C18H13FN2O3. The van der Waals surface area contributed by atoms with E-state index in [-0.39, 0.29) is 24.8 Å². The molecule has 0 aliphatic rings. The van der Waals surface area contributed by atoms with Gasteiger partial charge in [0.05, 0.1) is 12.1 Å². The van der Waals surface area contributed by atoms with Gasteiger partial charge in [0.2, 0.25) is 5.91 Å². The number of nitrogens with zero attached hydrogens (tertiary/aromatic N) is 1. The number of hydrogen-bond donors (Lipinski definition) is 1. The number of hydrogen-bond acceptors (Lipinski definition) is 3. The van der Waals surface area contributed by atoms with E-state index in [1.165, 1.54) is 16.7 Å². The van der Waals surface area contributed by atoms with Crippen molar-refractivity contribution in [3.8, 4) is 11.8 Å². The van der Waals surface area contributed by atoms with Gasteiger partial charge in [0.25, 0.3) is 0 Å². The van der Waals surface area contributed by atoms with Crippen molar-refractivity contribution in [3.05, 3.63) is 70.5 Å². The van der Waals surface area contributed by atoms with Gasteiger partial charge in [-0.25, -0.2) is 9.18 Å². The Balaban J connectivity index is 1.61. The SMILES string of the molecule is O=C(Cn1c(=O)oc2ccccc21)NCC#Cc1ccc(F)cc1. The molecule has 1 N–H and O–H groups in total. The maximum atomic E-state index is 12.8. The summed E-state index contributed by atoms with van der Waals surface area (Å²) in [5.41, 5.74) is 1.66. The van der Waals surface area contributed by atoms with Gasteiger partial charge < -0.3 is 9.73 Å². The van der Waals surface area contributed by atoms with E-state index in [0.717, 1.165) is 0 Å². The topological polar surface area (TPSA) is 64.2 Å². The number of oxazole rings is 1. The van der Waals surface area contributed by atoms with Crippen molar-refractivity contribution in [1.29, 1.82) is 0 Å². The largest absolute Gasteiger partial charge is 0.420 e. The van der Waals surface area contributed by atoms with Crippen molar-refractivity contribution in [2.24, 2.45) is 0 Å². The molecule has 0 aliphatic carbocycles. The third kappa shape index (κ3) is 3.52. The lowest BCUT2D eigenvalue weighted by molar-refractivity contribution is -0.121. The Morgan fingerprint density at radius 3 is 2.71 bits per heavy atom. The first-order chi connectivity index (χ1) is 11.6. The Kier molecular flexibility index (Phi) is 4.43. The van der Waals surface area contributed by atoms with Crippen LogP contribution in [0.1, 0.15) is 5.56 Å². The molecule has 0 saturated heterocycles. The number of fused-ring (bicyclic) bond motifs is 1. The number of benzene rings is 2. The minimum Gasteiger partial charge on any atom is -0.408 e. The van der Waals surface area contributed by atoms with E-state index in [9.17, 15) is 14.0 Å². The van der Waals surface area contributed by atoms with E-state index in [0.29, 0.717) is 16.7 Å². The van der Waals surface area contributed by atoms with Gasteiger partial charge in [-0.3, -0.25) is 9.36 Å². The molecule has 2 aromatic carbocycles. The highest BCUT2D eigenvalue weighted by molar-refractivity contribution is 5.79. The van der Waals surface area contributed by atoms with E-state index < -0.39 is 5.76 Å². The molecule has 0 spiro atoms. The van der Waals surface area contributed by atoms with Gasteiger partial charge >= 0.3 is 5.76 Å². The Hall–Kier alpha value is -3.33. The first-order valence-corrected chi connectivity index (χ1v) is 7.23. The number of aromatic nitrogens is 1. The summed E-state index contributed by atoms with van der Waals surface area (Å²) >= 11 is 0. The van der Waals surface area contributed by atoms with Gasteiger partial charge in [0.15, 0.2) is 5.58 Å². The molecule has 3 aromatic rings. The molecule has 5 nitrogen and oxygen atoms in total. The maximum absolute atomic E-state index is 12.8. The van der Waals surface area contributed by atoms with Crippen molar-refractivity contribution in [1.82, 2.24) is 9.88 Å². The summed E-state index contributed by atoms with van der Waals surface area (Å²) in [5.74, 6) is 4.32. The maximum Gasteiger partial charge on any atom is 0.420 e. The Bertz CT molecular complexity index is 991. The van der Waals surface area contributed by atoms with Crippen LogP contribution in [0.3, 0.4) is 0 Å². The Morgan fingerprint density at radius 2 is 1.92 bits per heavy atom. The molecule has 1 heterocycles. The number of carbonyl (C=O) groups is 1. The fourth-order valence-corrected chi connectivity index (χ4v) is 2.19. The number of nitrogens with one attached hydrogen (secondary N) is 1. The molecule has 3 rings (SSSR count). The highest BCUT2D eigenvalue weighted by Crippen LogP contribution is 2.11. The lowest BCUT2D eigenvalue weighted by atomic mass is 10.2. The molecule has 6 heteroatoms. The van der Waals surface area contributed by atoms with Crippen molar-refractivity contribution in [3.63, 3.8) is 0 Å². The highest BCUT2D eigenvalue weighted by Gasteiger charge is 2.11. The summed E-state index contributed by atoms with van der Waals surface area (Å²) in [5, 5.41) is 2.61. The summed E-state index contributed by atoms with van der Waals surface area (Å²) in [4.78, 5) is 23.7. The van der Waals surface area contributed by atoms with Crippen LogP contribution in [0.25, 0.3) is 11.1 Å². The molecular weight excluding hydrogens is 311 g/mol. The second-order valence-corrected chi connectivity index (χ2v) is 5.01. The van der Waals surface area contributed by atoms with E-state index in [4.69, 9.17) is 4.42 Å². The molecule has 0 aliphatic heterocycles. The molecule has 0 radical (unpaired) electrons. The number of halogens is 1. The van der Waals surface area contributed by atoms with Crippen LogP contribution in [-0.4, -0.2) is 17.0 Å². The summed E-state index contributed by atoms with van der Waals surface area (Å²) in [6.45, 7) is -0.0190. The van der Waals surface area contributed by atoms with Crippen LogP contribution in [0.2, 0.25) is 0 Å². The molecule has 0 bridgehead atoms. The lowest BCUT2D eigenvalue weighted by Gasteiger charge is -2.02. The van der Waals surface area contributed by atoms with E-state index in [1.807, 2.05) is 0 Å². The second-order valence-electron chi connectivity index (χ2n) is 5.01. The van der Waals surface area contributed by atoms with Gasteiger partial charge in [-0.15, -0.1) is 0 Å². The van der Waals surface area contributed by atoms with Crippen LogP contribution in [0.15, 0.2) is 57.7 Å². The number of rotatable bonds is 3. The van der Waals surface area contributed by atoms with Crippen LogP contribution >= 0.6 is 0 Å². The monoisotopic (exact) mass is 324 g/mol. The zero-order valence-corrected chi connectivity index (χ0v) is 12.6. The minimum atomic E-state index is -0.580. The van der Waals surface area contributed by atoms with Gasteiger partial charge in [-0.05, 0) is 36.4 Å². The fourth-order valence-electron chi connectivity index (χ4n) is 2.19. The van der Waals surface area contributed by atoms with Crippen molar-refractivity contribution < 1.29 is 13.6 Å². The quantitative estimate of drug-likeness (QED) is 0.749. The van der Waals surface area contributed by atoms with Gasteiger partial charge in [0.1, 0.15) is 12.4 Å². The van der Waals surface area contributed by atoms with Crippen LogP contribution in [0, 0.1) is 17.7 Å². The summed E-state index contributed by atoms with van der Waals surface area (Å²) in [7, 11) is 0. The van der Waals surface area contributed by atoms with E-state index in [1.54, 1.807) is 36.4 Å². The smallest absolute Gasteiger partial charge is 0.408 e. The first-order valence-electron chi connectivity index (χ1n) is 7.23. The molecule has 0 fully saturated rings. The number of carbonyl (C=O) groups excluding carboxylic acids is 1. The molecule has 24 heavy (non-hydrogen) atoms. The third-order valence-electron chi connectivity index (χ3n) is 3.33. The lowest BCUT2D eigenvalue weighted by Crippen LogP contribution is -2.30.